The van der Waals surface area contributed by atoms with Crippen LogP contribution in [-0.4, -0.2) is 42.5 Å². The summed E-state index contributed by atoms with van der Waals surface area (Å²) in [6.07, 6.45) is 5.48. The summed E-state index contributed by atoms with van der Waals surface area (Å²) in [6, 6.07) is 0.786. The van der Waals surface area contributed by atoms with Gasteiger partial charge in [0.25, 0.3) is 0 Å². The van der Waals surface area contributed by atoms with Crippen LogP contribution in [0.3, 0.4) is 0 Å². The molecule has 0 aromatic rings. The minimum Gasteiger partial charge on any atom is -0.353 e. The van der Waals surface area contributed by atoms with Gasteiger partial charge < -0.3 is 11.1 Å². The fourth-order valence-corrected chi connectivity index (χ4v) is 1.92. The van der Waals surface area contributed by atoms with Crippen LogP contribution in [0.1, 0.15) is 46.0 Å². The summed E-state index contributed by atoms with van der Waals surface area (Å²) in [6.45, 7) is 4.96. The number of amides is 1. The van der Waals surface area contributed by atoms with Crippen LogP contribution >= 0.6 is 0 Å². The van der Waals surface area contributed by atoms with E-state index < -0.39 is 0 Å². The van der Waals surface area contributed by atoms with Crippen molar-refractivity contribution in [2.45, 2.75) is 64.1 Å². The van der Waals surface area contributed by atoms with Gasteiger partial charge in [0.05, 0.1) is 6.04 Å². The zero-order chi connectivity index (χ0) is 12.8. The highest BCUT2D eigenvalue weighted by Gasteiger charge is 2.29. The van der Waals surface area contributed by atoms with Gasteiger partial charge in [0.2, 0.25) is 5.91 Å². The van der Waals surface area contributed by atoms with E-state index in [-0.39, 0.29) is 11.9 Å². The predicted molar refractivity (Wildman–Crippen MR) is 70.8 cm³/mol. The first-order valence-corrected chi connectivity index (χ1v) is 6.81. The first-order valence-electron chi connectivity index (χ1n) is 6.81. The van der Waals surface area contributed by atoms with Gasteiger partial charge in [0, 0.05) is 18.6 Å². The molecule has 1 fully saturated rings. The third kappa shape index (κ3) is 5.04. The Morgan fingerprint density at radius 3 is 2.71 bits per heavy atom. The van der Waals surface area contributed by atoms with E-state index in [0.29, 0.717) is 12.6 Å². The maximum Gasteiger partial charge on any atom is 0.236 e. The van der Waals surface area contributed by atoms with Gasteiger partial charge in [0.15, 0.2) is 0 Å². The largest absolute Gasteiger partial charge is 0.353 e. The lowest BCUT2D eigenvalue weighted by atomic mass is 10.1. The van der Waals surface area contributed by atoms with E-state index in [1.165, 1.54) is 12.8 Å². The van der Waals surface area contributed by atoms with Crippen LogP contribution < -0.4 is 11.1 Å². The first-order chi connectivity index (χ1) is 8.06. The summed E-state index contributed by atoms with van der Waals surface area (Å²) in [5, 5.41) is 2.95. The van der Waals surface area contributed by atoms with E-state index in [0.717, 1.165) is 25.3 Å². The second kappa shape index (κ2) is 6.97. The molecular formula is C13H27N3O. The Morgan fingerprint density at radius 2 is 2.18 bits per heavy atom. The molecule has 0 aromatic heterocycles. The molecule has 17 heavy (non-hydrogen) atoms. The summed E-state index contributed by atoms with van der Waals surface area (Å²) >= 11 is 0. The number of nitrogens with zero attached hydrogens (tertiary/aromatic N) is 1. The average molecular weight is 241 g/mol. The molecule has 0 aliphatic heterocycles. The molecule has 0 heterocycles. The Kier molecular flexibility index (Phi) is 5.92. The van der Waals surface area contributed by atoms with Gasteiger partial charge in [-0.2, -0.15) is 0 Å². The number of unbranched alkanes of at least 4 members (excludes halogenated alkanes) is 1. The summed E-state index contributed by atoms with van der Waals surface area (Å²) in [5.41, 5.74) is 5.81. The van der Waals surface area contributed by atoms with E-state index in [1.54, 1.807) is 0 Å². The minimum absolute atomic E-state index is 0.00510. The van der Waals surface area contributed by atoms with Crippen molar-refractivity contribution in [2.24, 2.45) is 5.73 Å². The zero-order valence-electron chi connectivity index (χ0n) is 11.4. The van der Waals surface area contributed by atoms with E-state index in [2.05, 4.69) is 31.1 Å². The molecule has 3 N–H and O–H groups in total. The Labute approximate surface area is 105 Å². The molecule has 0 spiro atoms. The van der Waals surface area contributed by atoms with E-state index >= 15 is 0 Å². The van der Waals surface area contributed by atoms with Gasteiger partial charge in [-0.05, 0) is 33.2 Å². The first kappa shape index (κ1) is 14.5. The summed E-state index contributed by atoms with van der Waals surface area (Å²) in [5.74, 6) is -0.00510. The molecule has 4 heteroatoms. The molecule has 2 atom stereocenters. The molecular weight excluding hydrogens is 214 g/mol. The van der Waals surface area contributed by atoms with Crippen molar-refractivity contribution >= 4 is 5.91 Å². The standard InChI is InChI=1S/C13H27N3O/c1-4-5-6-12(14)13(17)15-9-10(2)16(3)11-7-8-11/h10-12H,4-9,14H2,1-3H3,(H,15,17). The van der Waals surface area contributed by atoms with Crippen LogP contribution in [0.25, 0.3) is 0 Å². The van der Waals surface area contributed by atoms with Crippen LogP contribution in [0.4, 0.5) is 0 Å². The Morgan fingerprint density at radius 1 is 1.53 bits per heavy atom. The van der Waals surface area contributed by atoms with Crippen molar-refractivity contribution in [2.75, 3.05) is 13.6 Å². The summed E-state index contributed by atoms with van der Waals surface area (Å²) < 4.78 is 0. The maximum atomic E-state index is 11.7. The monoisotopic (exact) mass is 241 g/mol. The van der Waals surface area contributed by atoms with Crippen LogP contribution in [0, 0.1) is 0 Å². The number of rotatable bonds is 8. The average Bonchev–Trinajstić information content (AvgIpc) is 3.15. The van der Waals surface area contributed by atoms with Crippen LogP contribution in [0.15, 0.2) is 0 Å². The molecule has 0 radical (unpaired) electrons. The topological polar surface area (TPSA) is 58.4 Å². The molecule has 1 rings (SSSR count). The second-order valence-electron chi connectivity index (χ2n) is 5.24. The fraction of sp³-hybridized carbons (Fsp3) is 0.923. The van der Waals surface area contributed by atoms with Gasteiger partial charge in [0.1, 0.15) is 0 Å². The van der Waals surface area contributed by atoms with E-state index in [4.69, 9.17) is 5.73 Å². The number of carbonyl (C=O) groups excluding carboxylic acids is 1. The highest BCUT2D eigenvalue weighted by atomic mass is 16.2. The number of nitrogens with two attached hydrogens (primary N) is 1. The number of hydrogen-bond acceptors (Lipinski definition) is 3. The van der Waals surface area contributed by atoms with Crippen molar-refractivity contribution in [3.63, 3.8) is 0 Å². The molecule has 0 aromatic carbocycles. The number of carbonyl (C=O) groups is 1. The van der Waals surface area contributed by atoms with Crippen molar-refractivity contribution < 1.29 is 4.79 Å². The quantitative estimate of drug-likeness (QED) is 0.669. The number of likely N-dealkylation sites (N-methyl/N-ethyl adjacent to an activating group) is 1. The SMILES string of the molecule is CCCCC(N)C(=O)NCC(C)N(C)C1CC1. The fourth-order valence-electron chi connectivity index (χ4n) is 1.92. The molecule has 1 saturated carbocycles. The maximum absolute atomic E-state index is 11.7. The molecule has 100 valence electrons. The highest BCUT2D eigenvalue weighted by molar-refractivity contribution is 5.81. The van der Waals surface area contributed by atoms with Gasteiger partial charge in [-0.15, -0.1) is 0 Å². The lowest BCUT2D eigenvalue weighted by molar-refractivity contribution is -0.122. The third-order valence-electron chi connectivity index (χ3n) is 3.60. The van der Waals surface area contributed by atoms with Crippen LogP contribution in [-0.2, 0) is 4.79 Å². The Balaban J connectivity index is 2.17. The Hall–Kier alpha value is -0.610. The molecule has 1 aliphatic rings. The lowest BCUT2D eigenvalue weighted by Crippen LogP contribution is -2.46. The van der Waals surface area contributed by atoms with Gasteiger partial charge in [-0.3, -0.25) is 9.69 Å². The molecule has 4 nitrogen and oxygen atoms in total. The van der Waals surface area contributed by atoms with Crippen molar-refractivity contribution in [1.82, 2.24) is 10.2 Å². The number of nitrogens with one attached hydrogen (secondary N) is 1. The predicted octanol–water partition coefficient (Wildman–Crippen LogP) is 1.10. The number of hydrogen-bond donors (Lipinski definition) is 2. The van der Waals surface area contributed by atoms with Crippen molar-refractivity contribution in [3.05, 3.63) is 0 Å². The Bertz CT molecular complexity index is 241. The van der Waals surface area contributed by atoms with E-state index in [9.17, 15) is 4.79 Å². The molecule has 1 amide bonds. The van der Waals surface area contributed by atoms with Gasteiger partial charge >= 0.3 is 0 Å². The lowest BCUT2D eigenvalue weighted by Gasteiger charge is -2.25. The molecule has 2 unspecified atom stereocenters. The van der Waals surface area contributed by atoms with Gasteiger partial charge in [-0.1, -0.05) is 19.8 Å². The molecule has 1 aliphatic carbocycles. The smallest absolute Gasteiger partial charge is 0.236 e. The van der Waals surface area contributed by atoms with Crippen molar-refractivity contribution in [1.29, 1.82) is 0 Å². The summed E-state index contributed by atoms with van der Waals surface area (Å²) in [7, 11) is 2.13. The molecule has 0 bridgehead atoms. The third-order valence-corrected chi connectivity index (χ3v) is 3.60. The minimum atomic E-state index is -0.339. The van der Waals surface area contributed by atoms with Crippen molar-refractivity contribution in [3.8, 4) is 0 Å². The zero-order valence-corrected chi connectivity index (χ0v) is 11.4. The highest BCUT2D eigenvalue weighted by Crippen LogP contribution is 2.26. The normalized spacial score (nSPS) is 19.1. The second-order valence-corrected chi connectivity index (χ2v) is 5.24. The molecule has 0 saturated heterocycles. The summed E-state index contributed by atoms with van der Waals surface area (Å²) in [4.78, 5) is 14.1. The van der Waals surface area contributed by atoms with E-state index in [1.807, 2.05) is 0 Å². The van der Waals surface area contributed by atoms with Crippen LogP contribution in [0.2, 0.25) is 0 Å². The van der Waals surface area contributed by atoms with Crippen LogP contribution in [0.5, 0.6) is 0 Å². The van der Waals surface area contributed by atoms with Gasteiger partial charge in [-0.25, -0.2) is 0 Å².